The summed E-state index contributed by atoms with van der Waals surface area (Å²) in [7, 11) is 1.54. The van der Waals surface area contributed by atoms with Crippen molar-refractivity contribution in [2.45, 2.75) is 32.2 Å². The fourth-order valence-corrected chi connectivity index (χ4v) is 3.80. The summed E-state index contributed by atoms with van der Waals surface area (Å²) in [6.07, 6.45) is 1.98. The molecule has 2 aliphatic heterocycles. The zero-order chi connectivity index (χ0) is 18.0. The Morgan fingerprint density at radius 2 is 2.16 bits per heavy atom. The summed E-state index contributed by atoms with van der Waals surface area (Å²) in [5.41, 5.74) is 0.394. The first-order valence-electron chi connectivity index (χ1n) is 8.92. The van der Waals surface area contributed by atoms with Gasteiger partial charge in [-0.25, -0.2) is 4.79 Å². The Morgan fingerprint density at radius 3 is 2.84 bits per heavy atom. The van der Waals surface area contributed by atoms with Crippen LogP contribution in [-0.2, 0) is 4.79 Å². The lowest BCUT2D eigenvalue weighted by molar-refractivity contribution is -0.132. The Balaban J connectivity index is 1.55. The third-order valence-electron chi connectivity index (χ3n) is 5.41. The van der Waals surface area contributed by atoms with Gasteiger partial charge in [0.2, 0.25) is 0 Å². The molecule has 2 aliphatic rings. The molecular weight excluding hydrogens is 318 g/mol. The van der Waals surface area contributed by atoms with Gasteiger partial charge >= 0.3 is 6.03 Å². The van der Waals surface area contributed by atoms with Crippen molar-refractivity contribution in [2.24, 2.45) is 5.92 Å². The van der Waals surface area contributed by atoms with E-state index in [0.29, 0.717) is 6.61 Å². The minimum atomic E-state index is -0.790. The molecule has 2 saturated heterocycles. The molecule has 1 N–H and O–H groups in total. The summed E-state index contributed by atoms with van der Waals surface area (Å²) in [5, 5.41) is 2.89. The van der Waals surface area contributed by atoms with Gasteiger partial charge in [0, 0.05) is 26.1 Å². The van der Waals surface area contributed by atoms with Crippen molar-refractivity contribution < 1.29 is 14.3 Å². The number of likely N-dealkylation sites (N-methyl/N-ethyl adjacent to an activating group) is 1. The monoisotopic (exact) mass is 345 g/mol. The molecule has 136 valence electrons. The Morgan fingerprint density at radius 1 is 1.36 bits per heavy atom. The van der Waals surface area contributed by atoms with Crippen LogP contribution in [0.3, 0.4) is 0 Å². The third kappa shape index (κ3) is 3.63. The molecule has 1 aromatic carbocycles. The lowest BCUT2D eigenvalue weighted by Gasteiger charge is -2.39. The van der Waals surface area contributed by atoms with Gasteiger partial charge in [-0.15, -0.1) is 0 Å². The van der Waals surface area contributed by atoms with Crippen LogP contribution in [0.2, 0.25) is 0 Å². The maximum absolute atomic E-state index is 12.5. The topological polar surface area (TPSA) is 61.9 Å². The van der Waals surface area contributed by atoms with Gasteiger partial charge in [-0.1, -0.05) is 12.1 Å². The number of likely N-dealkylation sites (tertiary alicyclic amines) is 1. The normalized spacial score (nSPS) is 27.5. The molecule has 1 aromatic rings. The van der Waals surface area contributed by atoms with Gasteiger partial charge in [0.15, 0.2) is 0 Å². The standard InChI is InChI=1S/C19H27N3O3/c1-14-6-4-8-16(12-14)25-11-10-22-9-5-7-15(13-22)19(2)17(23)21(3)18(24)20-19/h4,6,8,12,15H,5,7,9-11,13H2,1-3H3,(H,20,24)/t15-,19-/m0/s1. The Hall–Kier alpha value is -2.08. The highest BCUT2D eigenvalue weighted by atomic mass is 16.5. The number of amides is 3. The summed E-state index contributed by atoms with van der Waals surface area (Å²) in [6.45, 7) is 7.14. The minimum absolute atomic E-state index is 0.125. The summed E-state index contributed by atoms with van der Waals surface area (Å²) >= 11 is 0. The van der Waals surface area contributed by atoms with Crippen LogP contribution < -0.4 is 10.1 Å². The number of nitrogens with one attached hydrogen (secondary N) is 1. The van der Waals surface area contributed by atoms with Crippen molar-refractivity contribution in [3.63, 3.8) is 0 Å². The number of rotatable bonds is 5. The number of hydrogen-bond donors (Lipinski definition) is 1. The number of ether oxygens (including phenoxy) is 1. The average Bonchev–Trinajstić information content (AvgIpc) is 2.79. The van der Waals surface area contributed by atoms with Crippen molar-refractivity contribution in [1.82, 2.24) is 15.1 Å². The number of hydrogen-bond acceptors (Lipinski definition) is 4. The number of nitrogens with zero attached hydrogens (tertiary/aromatic N) is 2. The first-order valence-corrected chi connectivity index (χ1v) is 8.92. The number of imide groups is 1. The summed E-state index contributed by atoms with van der Waals surface area (Å²) in [6, 6.07) is 7.74. The molecule has 3 amide bonds. The Kier molecular flexibility index (Phi) is 4.99. The van der Waals surface area contributed by atoms with Crippen molar-refractivity contribution in [3.05, 3.63) is 29.8 Å². The number of carbonyl (C=O) groups is 2. The van der Waals surface area contributed by atoms with Crippen LogP contribution in [0.5, 0.6) is 5.75 Å². The smallest absolute Gasteiger partial charge is 0.324 e. The molecule has 0 spiro atoms. The summed E-state index contributed by atoms with van der Waals surface area (Å²) < 4.78 is 5.84. The molecule has 0 radical (unpaired) electrons. The lowest BCUT2D eigenvalue weighted by Crippen LogP contribution is -2.56. The van der Waals surface area contributed by atoms with Crippen LogP contribution in [0.25, 0.3) is 0 Å². The van der Waals surface area contributed by atoms with E-state index in [-0.39, 0.29) is 17.9 Å². The molecule has 0 aliphatic carbocycles. The van der Waals surface area contributed by atoms with E-state index in [1.165, 1.54) is 10.5 Å². The molecule has 6 nitrogen and oxygen atoms in total. The number of benzene rings is 1. The van der Waals surface area contributed by atoms with E-state index in [9.17, 15) is 9.59 Å². The van der Waals surface area contributed by atoms with Gasteiger partial charge in [-0.3, -0.25) is 14.6 Å². The molecule has 0 saturated carbocycles. The quantitative estimate of drug-likeness (QED) is 0.830. The fourth-order valence-electron chi connectivity index (χ4n) is 3.80. The third-order valence-corrected chi connectivity index (χ3v) is 5.41. The van der Waals surface area contributed by atoms with Gasteiger partial charge in [0.05, 0.1) is 0 Å². The zero-order valence-electron chi connectivity index (χ0n) is 15.2. The molecule has 0 bridgehead atoms. The van der Waals surface area contributed by atoms with E-state index in [1.54, 1.807) is 7.05 Å². The van der Waals surface area contributed by atoms with Gasteiger partial charge in [-0.05, 0) is 50.9 Å². The van der Waals surface area contributed by atoms with E-state index < -0.39 is 5.54 Å². The second-order valence-electron chi connectivity index (χ2n) is 7.30. The van der Waals surface area contributed by atoms with Crippen LogP contribution in [0.15, 0.2) is 24.3 Å². The predicted molar refractivity (Wildman–Crippen MR) is 95.5 cm³/mol. The molecule has 2 atom stereocenters. The highest BCUT2D eigenvalue weighted by molar-refractivity contribution is 6.06. The Labute approximate surface area is 149 Å². The number of aryl methyl sites for hydroxylation is 1. The molecule has 25 heavy (non-hydrogen) atoms. The first kappa shape index (κ1) is 17.7. The fraction of sp³-hybridized carbons (Fsp3) is 0.579. The largest absolute Gasteiger partial charge is 0.492 e. The summed E-state index contributed by atoms with van der Waals surface area (Å²) in [5.74, 6) is 0.891. The van der Waals surface area contributed by atoms with Gasteiger partial charge < -0.3 is 10.1 Å². The first-order chi connectivity index (χ1) is 11.9. The van der Waals surface area contributed by atoms with Crippen LogP contribution in [-0.4, -0.2) is 60.6 Å². The Bertz CT molecular complexity index is 663. The van der Waals surface area contributed by atoms with E-state index in [0.717, 1.165) is 38.2 Å². The number of piperidine rings is 1. The zero-order valence-corrected chi connectivity index (χ0v) is 15.2. The van der Waals surface area contributed by atoms with Crippen LogP contribution in [0.4, 0.5) is 4.79 Å². The lowest BCUT2D eigenvalue weighted by atomic mass is 9.80. The highest BCUT2D eigenvalue weighted by Crippen LogP contribution is 2.31. The maximum atomic E-state index is 12.5. The SMILES string of the molecule is Cc1cccc(OCCN2CCC[C@H]([C@]3(C)NC(=O)N(C)C3=O)C2)c1. The van der Waals surface area contributed by atoms with Gasteiger partial charge in [0.25, 0.3) is 5.91 Å². The molecule has 0 unspecified atom stereocenters. The van der Waals surface area contributed by atoms with Crippen molar-refractivity contribution in [3.8, 4) is 5.75 Å². The predicted octanol–water partition coefficient (Wildman–Crippen LogP) is 2.03. The van der Waals surface area contributed by atoms with Crippen LogP contribution >= 0.6 is 0 Å². The number of urea groups is 1. The molecule has 3 rings (SSSR count). The molecule has 0 aromatic heterocycles. The molecule has 2 fully saturated rings. The second-order valence-corrected chi connectivity index (χ2v) is 7.30. The van der Waals surface area contributed by atoms with Crippen LogP contribution in [0.1, 0.15) is 25.3 Å². The highest BCUT2D eigenvalue weighted by Gasteiger charge is 2.51. The minimum Gasteiger partial charge on any atom is -0.492 e. The molecule has 2 heterocycles. The number of carbonyl (C=O) groups excluding carboxylic acids is 2. The van der Waals surface area contributed by atoms with Gasteiger partial charge in [-0.2, -0.15) is 0 Å². The second kappa shape index (κ2) is 7.04. The molecule has 6 heteroatoms. The van der Waals surface area contributed by atoms with Crippen molar-refractivity contribution in [2.75, 3.05) is 33.3 Å². The van der Waals surface area contributed by atoms with E-state index in [4.69, 9.17) is 4.74 Å². The van der Waals surface area contributed by atoms with Crippen LogP contribution in [0, 0.1) is 12.8 Å². The average molecular weight is 345 g/mol. The van der Waals surface area contributed by atoms with E-state index >= 15 is 0 Å². The maximum Gasteiger partial charge on any atom is 0.324 e. The van der Waals surface area contributed by atoms with E-state index in [2.05, 4.69) is 10.2 Å². The molecular formula is C19H27N3O3. The van der Waals surface area contributed by atoms with E-state index in [1.807, 2.05) is 38.1 Å². The van der Waals surface area contributed by atoms with Crippen molar-refractivity contribution >= 4 is 11.9 Å². The van der Waals surface area contributed by atoms with Gasteiger partial charge in [0.1, 0.15) is 17.9 Å². The van der Waals surface area contributed by atoms with Crippen molar-refractivity contribution in [1.29, 1.82) is 0 Å². The summed E-state index contributed by atoms with van der Waals surface area (Å²) in [4.78, 5) is 27.8.